The van der Waals surface area contributed by atoms with Crippen LogP contribution in [-0.4, -0.2) is 9.78 Å². The zero-order valence-electron chi connectivity index (χ0n) is 10.2. The van der Waals surface area contributed by atoms with Crippen molar-refractivity contribution in [2.75, 3.05) is 0 Å². The Kier molecular flexibility index (Phi) is 3.03. The van der Waals surface area contributed by atoms with Crippen molar-refractivity contribution in [1.82, 2.24) is 9.78 Å². The lowest BCUT2D eigenvalue weighted by atomic mass is 9.91. The van der Waals surface area contributed by atoms with Gasteiger partial charge < -0.3 is 0 Å². The fraction of sp³-hybridized carbons (Fsp3) is 0.750. The van der Waals surface area contributed by atoms with Crippen LogP contribution in [0.25, 0.3) is 0 Å². The van der Waals surface area contributed by atoms with E-state index < -0.39 is 0 Å². The first-order valence-electron chi connectivity index (χ1n) is 5.41. The van der Waals surface area contributed by atoms with Gasteiger partial charge in [0.05, 0.1) is 11.2 Å². The normalized spacial score (nSPS) is 12.9. The Labute approximate surface area is 87.3 Å². The highest BCUT2D eigenvalue weighted by molar-refractivity contribution is 5.05. The van der Waals surface area contributed by atoms with Crippen LogP contribution in [0, 0.1) is 5.92 Å². The molecule has 14 heavy (non-hydrogen) atoms. The minimum atomic E-state index is 0.104. The summed E-state index contributed by atoms with van der Waals surface area (Å²) in [5.74, 6) is 1.10. The van der Waals surface area contributed by atoms with E-state index in [2.05, 4.69) is 63.6 Å². The molecule has 0 aliphatic heterocycles. The van der Waals surface area contributed by atoms with Gasteiger partial charge in [0.1, 0.15) is 0 Å². The van der Waals surface area contributed by atoms with Gasteiger partial charge in [-0.1, -0.05) is 27.7 Å². The molecule has 1 heterocycles. The third-order valence-electron chi connectivity index (χ3n) is 3.20. The quantitative estimate of drug-likeness (QED) is 0.721. The van der Waals surface area contributed by atoms with Crippen LogP contribution in [0.1, 0.15) is 53.2 Å². The minimum Gasteiger partial charge on any atom is -0.267 e. The Morgan fingerprint density at radius 1 is 1.21 bits per heavy atom. The molecule has 0 bridgehead atoms. The van der Waals surface area contributed by atoms with Crippen molar-refractivity contribution in [3.8, 4) is 0 Å². The maximum absolute atomic E-state index is 4.62. The Morgan fingerprint density at radius 2 is 1.79 bits per heavy atom. The highest BCUT2D eigenvalue weighted by Gasteiger charge is 2.25. The van der Waals surface area contributed by atoms with E-state index >= 15 is 0 Å². The van der Waals surface area contributed by atoms with E-state index in [1.165, 1.54) is 5.69 Å². The SMILES string of the molecule is CC(C)c1ccn(C(C)(C)C(C)C)n1. The summed E-state index contributed by atoms with van der Waals surface area (Å²) in [6.45, 7) is 13.3. The van der Waals surface area contributed by atoms with Gasteiger partial charge >= 0.3 is 0 Å². The average Bonchev–Trinajstić information content (AvgIpc) is 2.51. The third-order valence-corrected chi connectivity index (χ3v) is 3.20. The predicted octanol–water partition coefficient (Wildman–Crippen LogP) is 3.40. The summed E-state index contributed by atoms with van der Waals surface area (Å²) in [6, 6.07) is 2.12. The van der Waals surface area contributed by atoms with Gasteiger partial charge in [-0.3, -0.25) is 4.68 Å². The Balaban J connectivity index is 2.97. The zero-order chi connectivity index (χ0) is 10.9. The summed E-state index contributed by atoms with van der Waals surface area (Å²) < 4.78 is 2.09. The highest BCUT2D eigenvalue weighted by atomic mass is 15.3. The van der Waals surface area contributed by atoms with Crippen LogP contribution in [0.5, 0.6) is 0 Å². The summed E-state index contributed by atoms with van der Waals surface area (Å²) in [4.78, 5) is 0. The van der Waals surface area contributed by atoms with E-state index in [4.69, 9.17) is 0 Å². The molecule has 0 atom stereocenters. The standard InChI is InChI=1S/C12H22N2/c1-9(2)11-7-8-14(13-11)12(5,6)10(3)4/h7-10H,1-6H3. The minimum absolute atomic E-state index is 0.104. The van der Waals surface area contributed by atoms with Crippen molar-refractivity contribution < 1.29 is 0 Å². The molecule has 2 nitrogen and oxygen atoms in total. The summed E-state index contributed by atoms with van der Waals surface area (Å²) in [5.41, 5.74) is 1.28. The second-order valence-electron chi connectivity index (χ2n) is 5.15. The maximum Gasteiger partial charge on any atom is 0.0650 e. The van der Waals surface area contributed by atoms with E-state index in [-0.39, 0.29) is 5.54 Å². The van der Waals surface area contributed by atoms with Crippen LogP contribution in [0.2, 0.25) is 0 Å². The first kappa shape index (κ1) is 11.3. The molecule has 0 amide bonds. The molecule has 0 aliphatic carbocycles. The first-order valence-corrected chi connectivity index (χ1v) is 5.41. The number of aromatic nitrogens is 2. The van der Waals surface area contributed by atoms with Gasteiger partial charge in [0.2, 0.25) is 0 Å². The summed E-state index contributed by atoms with van der Waals surface area (Å²) in [6.07, 6.45) is 2.09. The topological polar surface area (TPSA) is 17.8 Å². The lowest BCUT2D eigenvalue weighted by molar-refractivity contribution is 0.224. The highest BCUT2D eigenvalue weighted by Crippen LogP contribution is 2.25. The molecule has 2 heteroatoms. The zero-order valence-corrected chi connectivity index (χ0v) is 10.2. The van der Waals surface area contributed by atoms with Gasteiger partial charge in [-0.2, -0.15) is 5.10 Å². The second-order valence-corrected chi connectivity index (χ2v) is 5.15. The predicted molar refractivity (Wildman–Crippen MR) is 60.5 cm³/mol. The van der Waals surface area contributed by atoms with E-state index in [0.29, 0.717) is 11.8 Å². The number of rotatable bonds is 3. The molecule has 1 aromatic rings. The smallest absolute Gasteiger partial charge is 0.0650 e. The number of hydrogen-bond donors (Lipinski definition) is 0. The van der Waals surface area contributed by atoms with Crippen LogP contribution in [0.3, 0.4) is 0 Å². The first-order chi connectivity index (χ1) is 6.35. The van der Waals surface area contributed by atoms with Gasteiger partial charge in [0.25, 0.3) is 0 Å². The fourth-order valence-corrected chi connectivity index (χ4v) is 1.23. The van der Waals surface area contributed by atoms with Crippen molar-refractivity contribution in [1.29, 1.82) is 0 Å². The molecule has 0 unspecified atom stereocenters. The molecular formula is C12H22N2. The Morgan fingerprint density at radius 3 is 2.14 bits per heavy atom. The van der Waals surface area contributed by atoms with Crippen molar-refractivity contribution in [2.24, 2.45) is 5.92 Å². The molecule has 0 spiro atoms. The van der Waals surface area contributed by atoms with Crippen molar-refractivity contribution >= 4 is 0 Å². The van der Waals surface area contributed by atoms with Crippen molar-refractivity contribution in [3.63, 3.8) is 0 Å². The molecule has 0 saturated carbocycles. The fourth-order valence-electron chi connectivity index (χ4n) is 1.23. The van der Waals surface area contributed by atoms with E-state index in [1.54, 1.807) is 0 Å². The van der Waals surface area contributed by atoms with Crippen molar-refractivity contribution in [2.45, 2.75) is 53.0 Å². The van der Waals surface area contributed by atoms with Gasteiger partial charge in [0.15, 0.2) is 0 Å². The van der Waals surface area contributed by atoms with Crippen LogP contribution >= 0.6 is 0 Å². The molecule has 0 aliphatic rings. The molecule has 0 fully saturated rings. The molecule has 0 saturated heterocycles. The number of nitrogens with zero attached hydrogens (tertiary/aromatic N) is 2. The van der Waals surface area contributed by atoms with Crippen LogP contribution in [-0.2, 0) is 5.54 Å². The van der Waals surface area contributed by atoms with Gasteiger partial charge in [-0.05, 0) is 31.7 Å². The summed E-state index contributed by atoms with van der Waals surface area (Å²) in [5, 5.41) is 4.62. The van der Waals surface area contributed by atoms with Crippen molar-refractivity contribution in [3.05, 3.63) is 18.0 Å². The molecule has 80 valence electrons. The van der Waals surface area contributed by atoms with Gasteiger partial charge in [0, 0.05) is 6.20 Å². The summed E-state index contributed by atoms with van der Waals surface area (Å²) >= 11 is 0. The second kappa shape index (κ2) is 3.76. The van der Waals surface area contributed by atoms with E-state index in [1.807, 2.05) is 0 Å². The molecule has 0 radical (unpaired) electrons. The molecule has 0 N–H and O–H groups in total. The lowest BCUT2D eigenvalue weighted by Gasteiger charge is -2.29. The largest absolute Gasteiger partial charge is 0.267 e. The molecule has 1 aromatic heterocycles. The lowest BCUT2D eigenvalue weighted by Crippen LogP contribution is -2.32. The van der Waals surface area contributed by atoms with Gasteiger partial charge in [-0.15, -0.1) is 0 Å². The van der Waals surface area contributed by atoms with E-state index in [0.717, 1.165) is 0 Å². The van der Waals surface area contributed by atoms with Crippen LogP contribution in [0.4, 0.5) is 0 Å². The molecule has 1 rings (SSSR count). The maximum atomic E-state index is 4.62. The Hall–Kier alpha value is -0.790. The monoisotopic (exact) mass is 194 g/mol. The number of hydrogen-bond acceptors (Lipinski definition) is 1. The Bertz CT molecular complexity index is 295. The molecular weight excluding hydrogens is 172 g/mol. The van der Waals surface area contributed by atoms with Crippen LogP contribution < -0.4 is 0 Å². The van der Waals surface area contributed by atoms with E-state index in [9.17, 15) is 0 Å². The van der Waals surface area contributed by atoms with Crippen LogP contribution in [0.15, 0.2) is 12.3 Å². The third kappa shape index (κ3) is 1.99. The summed E-state index contributed by atoms with van der Waals surface area (Å²) in [7, 11) is 0. The molecule has 0 aromatic carbocycles. The average molecular weight is 194 g/mol. The van der Waals surface area contributed by atoms with Gasteiger partial charge in [-0.25, -0.2) is 0 Å².